The van der Waals surface area contributed by atoms with Gasteiger partial charge in [0, 0.05) is 80.4 Å². The van der Waals surface area contributed by atoms with Gasteiger partial charge >= 0.3 is 0 Å². The highest BCUT2D eigenvalue weighted by atomic mass is 32.1. The predicted octanol–water partition coefficient (Wildman–Crippen LogP) is 16.8. The number of aromatic nitrogens is 1. The molecule has 6 nitrogen and oxygen atoms in total. The molecule has 1 aliphatic rings. The van der Waals surface area contributed by atoms with E-state index in [9.17, 15) is 0 Å². The van der Waals surface area contributed by atoms with E-state index in [1.165, 1.54) is 25.7 Å². The number of benzene rings is 10. The zero-order valence-corrected chi connectivity index (χ0v) is 38.2. The van der Waals surface area contributed by atoms with Crippen molar-refractivity contribution in [1.29, 1.82) is 0 Å². The number of hydrogen-bond acceptors (Lipinski definition) is 6. The van der Waals surface area contributed by atoms with Crippen LogP contribution in [0, 0.1) is 0 Å². The van der Waals surface area contributed by atoms with Gasteiger partial charge in [-0.15, -0.1) is 11.3 Å². The van der Waals surface area contributed by atoms with Crippen molar-refractivity contribution in [2.45, 2.75) is 6.17 Å². The van der Waals surface area contributed by atoms with E-state index in [0.29, 0.717) is 5.84 Å². The quantitative estimate of drug-likeness (QED) is 0.181. The van der Waals surface area contributed by atoms with E-state index in [1.807, 2.05) is 30.3 Å². The van der Waals surface area contributed by atoms with Crippen LogP contribution in [0.25, 0.3) is 114 Å². The summed E-state index contributed by atoms with van der Waals surface area (Å²) in [7, 11) is 0. The van der Waals surface area contributed by atoms with Crippen molar-refractivity contribution in [2.24, 2.45) is 9.98 Å². The van der Waals surface area contributed by atoms with Crippen molar-refractivity contribution in [1.82, 2.24) is 9.88 Å². The van der Waals surface area contributed by atoms with Crippen LogP contribution in [-0.4, -0.2) is 16.2 Å². The Hall–Kier alpha value is -9.04. The van der Waals surface area contributed by atoms with Gasteiger partial charge in [0.05, 0.1) is 11.0 Å². The molecule has 328 valence electrons. The van der Waals surface area contributed by atoms with Crippen LogP contribution in [0.15, 0.2) is 237 Å². The Bertz CT molecular complexity index is 4520. The second-order valence-electron chi connectivity index (χ2n) is 18.1. The summed E-state index contributed by atoms with van der Waals surface area (Å²) in [4.78, 5) is 10.7. The first-order valence-electron chi connectivity index (χ1n) is 23.6. The van der Waals surface area contributed by atoms with Gasteiger partial charge in [-0.25, -0.2) is 9.98 Å². The van der Waals surface area contributed by atoms with Crippen LogP contribution >= 0.6 is 11.3 Å². The van der Waals surface area contributed by atoms with Crippen molar-refractivity contribution in [3.05, 3.63) is 235 Å². The maximum absolute atomic E-state index is 6.91. The lowest BCUT2D eigenvalue weighted by Gasteiger charge is -2.24. The largest absolute Gasteiger partial charge is 0.456 e. The Morgan fingerprint density at radius 2 is 1.11 bits per heavy atom. The Kier molecular flexibility index (Phi) is 8.49. The number of para-hydroxylation sites is 4. The molecule has 0 fully saturated rings. The highest BCUT2D eigenvalue weighted by Gasteiger charge is 2.25. The summed E-state index contributed by atoms with van der Waals surface area (Å²) in [5.74, 6) is 1.45. The minimum atomic E-state index is -0.403. The van der Waals surface area contributed by atoms with Crippen LogP contribution in [0.2, 0.25) is 0 Å². The average Bonchev–Trinajstić information content (AvgIpc) is 4.20. The van der Waals surface area contributed by atoms with Crippen LogP contribution in [0.1, 0.15) is 22.9 Å². The fraction of sp³-hybridized carbons (Fsp3) is 0.0159. The number of furan rings is 2. The van der Waals surface area contributed by atoms with Gasteiger partial charge in [-0.2, -0.15) is 0 Å². The fourth-order valence-electron chi connectivity index (χ4n) is 10.9. The first-order valence-corrected chi connectivity index (χ1v) is 24.4. The topological polar surface area (TPSA) is 68.0 Å². The van der Waals surface area contributed by atoms with Crippen LogP contribution in [0.3, 0.4) is 0 Å². The molecule has 1 unspecified atom stereocenters. The predicted molar refractivity (Wildman–Crippen MR) is 291 cm³/mol. The molecule has 4 aromatic heterocycles. The lowest BCUT2D eigenvalue weighted by Crippen LogP contribution is -2.33. The van der Waals surface area contributed by atoms with E-state index in [4.69, 9.17) is 18.8 Å². The molecule has 7 heteroatoms. The summed E-state index contributed by atoms with van der Waals surface area (Å²) in [6, 6.07) is 77.4. The normalized spacial score (nSPS) is 14.1. The van der Waals surface area contributed by atoms with Gasteiger partial charge in [0.2, 0.25) is 0 Å². The zero-order chi connectivity index (χ0) is 45.9. The smallest absolute Gasteiger partial charge is 0.160 e. The maximum atomic E-state index is 6.91. The third-order valence-corrected chi connectivity index (χ3v) is 15.2. The zero-order valence-electron chi connectivity index (χ0n) is 37.4. The average molecular weight is 915 g/mol. The van der Waals surface area contributed by atoms with E-state index in [2.05, 4.69) is 198 Å². The number of amidine groups is 2. The highest BCUT2D eigenvalue weighted by Crippen LogP contribution is 2.46. The summed E-state index contributed by atoms with van der Waals surface area (Å²) in [6.07, 6.45) is -0.403. The highest BCUT2D eigenvalue weighted by molar-refractivity contribution is 7.25. The SMILES string of the molecule is c1ccc(C2=NC(c3cccc4sc5ccc(-c6ccc(-c7ccc8c9ccccc9n(-c9ccccc9)c8c7)c7oc8ccccc8c67)cc5c34)=NC(c3ccc4c(c3)oc3ccccc34)N2)cc1. The van der Waals surface area contributed by atoms with Gasteiger partial charge in [0.15, 0.2) is 5.84 Å². The van der Waals surface area contributed by atoms with E-state index in [-0.39, 0.29) is 0 Å². The molecule has 10 aromatic carbocycles. The molecule has 0 aliphatic carbocycles. The minimum Gasteiger partial charge on any atom is -0.456 e. The van der Waals surface area contributed by atoms with E-state index >= 15 is 0 Å². The van der Waals surface area contributed by atoms with Crippen LogP contribution in [-0.2, 0) is 0 Å². The van der Waals surface area contributed by atoms with Gasteiger partial charge in [0.25, 0.3) is 0 Å². The molecular formula is C63H38N4O2S. The Balaban J connectivity index is 0.896. The third kappa shape index (κ3) is 5.98. The molecular weight excluding hydrogens is 877 g/mol. The third-order valence-electron chi connectivity index (χ3n) is 14.1. The van der Waals surface area contributed by atoms with Crippen molar-refractivity contribution < 1.29 is 8.83 Å². The molecule has 0 amide bonds. The van der Waals surface area contributed by atoms with E-state index in [0.717, 1.165) is 111 Å². The van der Waals surface area contributed by atoms with Crippen molar-refractivity contribution >= 4 is 109 Å². The lowest BCUT2D eigenvalue weighted by atomic mass is 9.93. The first-order chi connectivity index (χ1) is 34.7. The van der Waals surface area contributed by atoms with Gasteiger partial charge in [-0.3, -0.25) is 0 Å². The molecule has 70 heavy (non-hydrogen) atoms. The fourth-order valence-corrected chi connectivity index (χ4v) is 12.0. The summed E-state index contributed by atoms with van der Waals surface area (Å²) in [5.41, 5.74) is 14.3. The Morgan fingerprint density at radius 1 is 0.429 bits per heavy atom. The van der Waals surface area contributed by atoms with Crippen molar-refractivity contribution in [3.63, 3.8) is 0 Å². The van der Waals surface area contributed by atoms with Crippen LogP contribution in [0.4, 0.5) is 0 Å². The lowest BCUT2D eigenvalue weighted by molar-refractivity contribution is 0.655. The number of fused-ring (bicyclic) bond motifs is 12. The molecule has 0 radical (unpaired) electrons. The van der Waals surface area contributed by atoms with Gasteiger partial charge in [-0.1, -0.05) is 152 Å². The van der Waals surface area contributed by atoms with E-state index in [1.54, 1.807) is 11.3 Å². The molecule has 1 N–H and O–H groups in total. The van der Waals surface area contributed by atoms with E-state index < -0.39 is 6.17 Å². The van der Waals surface area contributed by atoms with Crippen LogP contribution < -0.4 is 5.32 Å². The summed E-state index contributed by atoms with van der Waals surface area (Å²) in [5, 5.41) is 12.8. The molecule has 0 saturated heterocycles. The number of aliphatic imine (C=N–C) groups is 2. The second kappa shape index (κ2) is 15.2. The molecule has 0 spiro atoms. The van der Waals surface area contributed by atoms with Gasteiger partial charge in [-0.05, 0) is 83.4 Å². The molecule has 14 aromatic rings. The number of nitrogens with one attached hydrogen (secondary N) is 1. The summed E-state index contributed by atoms with van der Waals surface area (Å²) < 4.78 is 18.0. The molecule has 0 bridgehead atoms. The number of nitrogens with zero attached hydrogens (tertiary/aromatic N) is 3. The Labute approximate surface area is 404 Å². The van der Waals surface area contributed by atoms with Crippen molar-refractivity contribution in [3.8, 4) is 27.9 Å². The molecule has 5 heterocycles. The van der Waals surface area contributed by atoms with Crippen LogP contribution in [0.5, 0.6) is 0 Å². The number of rotatable bonds is 6. The number of thiophene rings is 1. The monoisotopic (exact) mass is 914 g/mol. The van der Waals surface area contributed by atoms with Crippen molar-refractivity contribution in [2.75, 3.05) is 0 Å². The molecule has 15 rings (SSSR count). The summed E-state index contributed by atoms with van der Waals surface area (Å²) in [6.45, 7) is 0. The van der Waals surface area contributed by atoms with Gasteiger partial charge < -0.3 is 18.7 Å². The molecule has 1 atom stereocenters. The molecule has 1 aliphatic heterocycles. The molecule has 0 saturated carbocycles. The Morgan fingerprint density at radius 3 is 1.99 bits per heavy atom. The standard InChI is InChI=1S/C63H38N4O2S/c1-3-14-37(15-4-1)61-64-62(40-27-30-47-46-19-8-11-23-53(46)68-55(47)36-40)66-63(65-61)49-21-13-25-57-58(49)50-34-38(28-33-56(50)70-57)42-31-32-43(60-59(42)48-20-9-12-24-54(48)69-60)39-26-29-45-44-18-7-10-22-51(44)67(52(45)35-39)41-16-5-2-6-17-41/h1-36,62H,(H,64,65,66). The first kappa shape index (κ1) is 39.0. The number of hydrogen-bond donors (Lipinski definition) is 1. The summed E-state index contributed by atoms with van der Waals surface area (Å²) >= 11 is 1.80. The van der Waals surface area contributed by atoms with Gasteiger partial charge in [0.1, 0.15) is 34.3 Å². The maximum Gasteiger partial charge on any atom is 0.160 e. The second-order valence-corrected chi connectivity index (χ2v) is 19.1. The minimum absolute atomic E-state index is 0.403.